The average Bonchev–Trinajstić information content (AvgIpc) is 3.25. The van der Waals surface area contributed by atoms with Crippen molar-refractivity contribution in [3.05, 3.63) is 96.0 Å². The second-order valence-electron chi connectivity index (χ2n) is 7.40. The average molecular weight is 432 g/mol. The highest BCUT2D eigenvalue weighted by molar-refractivity contribution is 5.96. The molecule has 164 valence electrons. The Kier molecular flexibility index (Phi) is 6.50. The molecule has 1 aliphatic heterocycles. The summed E-state index contributed by atoms with van der Waals surface area (Å²) in [6, 6.07) is 17.8. The summed E-state index contributed by atoms with van der Waals surface area (Å²) in [6.45, 7) is 0.363. The van der Waals surface area contributed by atoms with Gasteiger partial charge in [0.25, 0.3) is 5.91 Å². The fraction of sp³-hybridized carbons (Fsp3) is 0.208. The molecule has 32 heavy (non-hydrogen) atoms. The van der Waals surface area contributed by atoms with Crippen molar-refractivity contribution in [3.8, 4) is 5.88 Å². The largest absolute Gasteiger partial charge is 0.455 e. The van der Waals surface area contributed by atoms with E-state index in [1.807, 2.05) is 73.6 Å². The minimum absolute atomic E-state index is 0.0932. The minimum atomic E-state index is -0.503. The maximum Gasteiger partial charge on any atom is 0.325 e. The van der Waals surface area contributed by atoms with E-state index in [9.17, 15) is 4.79 Å². The van der Waals surface area contributed by atoms with Crippen LogP contribution >= 0.6 is 0 Å². The number of carbonyl (C=O) groups is 1. The van der Waals surface area contributed by atoms with Gasteiger partial charge >= 0.3 is 5.95 Å². The Morgan fingerprint density at radius 3 is 2.62 bits per heavy atom. The maximum atomic E-state index is 12.7. The zero-order valence-corrected chi connectivity index (χ0v) is 17.9. The summed E-state index contributed by atoms with van der Waals surface area (Å²) < 4.78 is 16.9. The van der Waals surface area contributed by atoms with Gasteiger partial charge in [0.1, 0.15) is 11.9 Å². The highest BCUT2D eigenvalue weighted by Crippen LogP contribution is 2.23. The molecule has 0 fully saturated rings. The third kappa shape index (κ3) is 5.34. The van der Waals surface area contributed by atoms with Crippen molar-refractivity contribution >= 4 is 11.6 Å². The number of rotatable bonds is 8. The molecule has 3 aromatic rings. The number of aromatic nitrogens is 2. The van der Waals surface area contributed by atoms with Crippen LogP contribution in [0, 0.1) is 0 Å². The van der Waals surface area contributed by atoms with Gasteiger partial charge in [0, 0.05) is 38.9 Å². The standard InChI is InChI=1S/C24H24N4O4/c1-28(2)19-10-8-18(9-11-19)13-26-23(29)20-14-25-16-27-24(20)32-22-15-30-21(31-22)12-17-6-4-3-5-7-17/h3-11,14-16,21H,12-13H2,1-2H3,(H,26,29). The summed E-state index contributed by atoms with van der Waals surface area (Å²) in [5, 5.41) is 2.87. The number of hydrogen-bond donors (Lipinski definition) is 1. The monoisotopic (exact) mass is 432 g/mol. The van der Waals surface area contributed by atoms with Gasteiger partial charge in [-0.15, -0.1) is 0 Å². The lowest BCUT2D eigenvalue weighted by Gasteiger charge is -2.14. The van der Waals surface area contributed by atoms with Crippen molar-refractivity contribution < 1.29 is 19.0 Å². The van der Waals surface area contributed by atoms with Gasteiger partial charge in [0.2, 0.25) is 12.2 Å². The number of nitrogens with one attached hydrogen (secondary N) is 1. The first-order valence-corrected chi connectivity index (χ1v) is 10.2. The lowest BCUT2D eigenvalue weighted by Crippen LogP contribution is -2.24. The molecule has 1 N–H and O–H groups in total. The van der Waals surface area contributed by atoms with Crippen molar-refractivity contribution in [2.45, 2.75) is 19.3 Å². The van der Waals surface area contributed by atoms with Crippen molar-refractivity contribution in [2.24, 2.45) is 0 Å². The first-order valence-electron chi connectivity index (χ1n) is 10.2. The Bertz CT molecular complexity index is 1080. The summed E-state index contributed by atoms with van der Waals surface area (Å²) in [4.78, 5) is 22.8. The van der Waals surface area contributed by atoms with Gasteiger partial charge in [-0.2, -0.15) is 0 Å². The number of benzene rings is 2. The van der Waals surface area contributed by atoms with E-state index in [1.54, 1.807) is 0 Å². The molecular formula is C24H24N4O4. The zero-order chi connectivity index (χ0) is 22.3. The zero-order valence-electron chi connectivity index (χ0n) is 17.9. The van der Waals surface area contributed by atoms with Crippen LogP contribution in [0.3, 0.4) is 0 Å². The van der Waals surface area contributed by atoms with Crippen molar-refractivity contribution in [3.63, 3.8) is 0 Å². The number of anilines is 1. The lowest BCUT2D eigenvalue weighted by atomic mass is 10.1. The Balaban J connectivity index is 1.34. The first kappa shape index (κ1) is 21.2. The van der Waals surface area contributed by atoms with Gasteiger partial charge in [0.05, 0.1) is 0 Å². The normalized spacial score (nSPS) is 14.7. The number of carbonyl (C=O) groups excluding carboxylic acids is 1. The quantitative estimate of drug-likeness (QED) is 0.585. The highest BCUT2D eigenvalue weighted by atomic mass is 16.8. The summed E-state index contributed by atoms with van der Waals surface area (Å²) in [6.07, 6.45) is 4.16. The van der Waals surface area contributed by atoms with Crippen LogP contribution < -0.4 is 15.0 Å². The molecule has 8 nitrogen and oxygen atoms in total. The van der Waals surface area contributed by atoms with Crippen LogP contribution in [0.25, 0.3) is 0 Å². The summed E-state index contributed by atoms with van der Waals surface area (Å²) >= 11 is 0. The molecule has 8 heteroatoms. The Labute approximate surface area is 186 Å². The summed E-state index contributed by atoms with van der Waals surface area (Å²) in [5.41, 5.74) is 3.34. The molecule has 0 radical (unpaired) electrons. The van der Waals surface area contributed by atoms with Gasteiger partial charge in [-0.25, -0.2) is 9.97 Å². The highest BCUT2D eigenvalue weighted by Gasteiger charge is 2.24. The van der Waals surface area contributed by atoms with E-state index in [0.29, 0.717) is 13.0 Å². The Morgan fingerprint density at radius 2 is 1.88 bits per heavy atom. The molecule has 1 amide bonds. The number of ether oxygens (including phenoxy) is 3. The van der Waals surface area contributed by atoms with Crippen LogP contribution in [0.1, 0.15) is 21.5 Å². The third-order valence-corrected chi connectivity index (χ3v) is 4.83. The van der Waals surface area contributed by atoms with E-state index in [4.69, 9.17) is 14.2 Å². The number of nitrogens with zero attached hydrogens (tertiary/aromatic N) is 3. The first-order chi connectivity index (χ1) is 15.6. The molecule has 1 aliphatic rings. The molecule has 4 rings (SSSR count). The number of amides is 1. The fourth-order valence-electron chi connectivity index (χ4n) is 3.10. The lowest BCUT2D eigenvalue weighted by molar-refractivity contribution is -0.0525. The summed E-state index contributed by atoms with van der Waals surface area (Å²) in [5.74, 6) is -0.119. The van der Waals surface area contributed by atoms with Gasteiger partial charge in [-0.05, 0) is 23.3 Å². The topological polar surface area (TPSA) is 85.8 Å². The van der Waals surface area contributed by atoms with Crippen LogP contribution in [-0.4, -0.2) is 36.3 Å². The van der Waals surface area contributed by atoms with E-state index in [2.05, 4.69) is 15.3 Å². The van der Waals surface area contributed by atoms with Crippen LogP contribution in [0.4, 0.5) is 5.69 Å². The van der Waals surface area contributed by atoms with Crippen molar-refractivity contribution in [2.75, 3.05) is 19.0 Å². The van der Waals surface area contributed by atoms with Crippen LogP contribution in [0.5, 0.6) is 5.88 Å². The summed E-state index contributed by atoms with van der Waals surface area (Å²) in [7, 11) is 3.96. The molecule has 0 bridgehead atoms. The van der Waals surface area contributed by atoms with Gasteiger partial charge in [-0.3, -0.25) is 4.79 Å². The van der Waals surface area contributed by atoms with Gasteiger partial charge in [-0.1, -0.05) is 42.5 Å². The molecule has 1 atom stereocenters. The van der Waals surface area contributed by atoms with Crippen LogP contribution in [0.15, 0.2) is 79.3 Å². The second kappa shape index (κ2) is 9.82. The van der Waals surface area contributed by atoms with Crippen LogP contribution in [0.2, 0.25) is 0 Å². The predicted molar refractivity (Wildman–Crippen MR) is 119 cm³/mol. The van der Waals surface area contributed by atoms with E-state index in [1.165, 1.54) is 18.8 Å². The van der Waals surface area contributed by atoms with Crippen molar-refractivity contribution in [1.82, 2.24) is 15.3 Å². The molecule has 0 saturated carbocycles. The van der Waals surface area contributed by atoms with Gasteiger partial charge in [0.15, 0.2) is 6.26 Å². The third-order valence-electron chi connectivity index (χ3n) is 4.83. The van der Waals surface area contributed by atoms with Gasteiger partial charge < -0.3 is 24.4 Å². The number of hydrogen-bond acceptors (Lipinski definition) is 7. The molecule has 2 aromatic carbocycles. The molecule has 1 unspecified atom stereocenters. The van der Waals surface area contributed by atoms with E-state index in [-0.39, 0.29) is 23.3 Å². The van der Waals surface area contributed by atoms with E-state index in [0.717, 1.165) is 16.8 Å². The fourth-order valence-corrected chi connectivity index (χ4v) is 3.10. The SMILES string of the molecule is CN(C)c1ccc(CNC(=O)c2cncnc2OC2=COC(Cc3ccccc3)O2)cc1. The van der Waals surface area contributed by atoms with Crippen LogP contribution in [-0.2, 0) is 22.4 Å². The Morgan fingerprint density at radius 1 is 1.09 bits per heavy atom. The predicted octanol–water partition coefficient (Wildman–Crippen LogP) is 3.27. The molecule has 0 spiro atoms. The Hall–Kier alpha value is -4.07. The molecule has 2 heterocycles. The molecular weight excluding hydrogens is 408 g/mol. The smallest absolute Gasteiger partial charge is 0.325 e. The maximum absolute atomic E-state index is 12.7. The van der Waals surface area contributed by atoms with E-state index >= 15 is 0 Å². The molecule has 0 saturated heterocycles. The van der Waals surface area contributed by atoms with Crippen molar-refractivity contribution in [1.29, 1.82) is 0 Å². The van der Waals surface area contributed by atoms with E-state index < -0.39 is 6.29 Å². The second-order valence-corrected chi connectivity index (χ2v) is 7.40. The molecule has 0 aliphatic carbocycles. The minimum Gasteiger partial charge on any atom is -0.455 e. The molecule has 1 aromatic heterocycles.